The minimum atomic E-state index is 0. The molecule has 9 heavy (non-hydrogen) atoms. The molecule has 1 aromatic rings. The fourth-order valence-electron chi connectivity index (χ4n) is 0.379. The van der Waals surface area contributed by atoms with Crippen LogP contribution in [-0.2, 0) is 20.4 Å². The van der Waals surface area contributed by atoms with Gasteiger partial charge in [-0.05, 0) is 5.69 Å². The average Bonchev–Trinajstić information content (AvgIpc) is 1.77. The predicted octanol–water partition coefficient (Wildman–Crippen LogP) is 0.0437. The molecule has 1 aromatic heterocycles. The van der Waals surface area contributed by atoms with Gasteiger partial charge in [-0.3, -0.25) is 0 Å². The van der Waals surface area contributed by atoms with Crippen molar-refractivity contribution in [1.29, 1.82) is 0 Å². The number of pyridine rings is 1. The van der Waals surface area contributed by atoms with Crippen molar-refractivity contribution in [2.24, 2.45) is 0 Å². The van der Waals surface area contributed by atoms with Gasteiger partial charge >= 0.3 is 0 Å². The predicted molar refractivity (Wildman–Crippen MR) is 31.9 cm³/mol. The Labute approximate surface area is 67.1 Å². The molecule has 0 fully saturated rings. The van der Waals surface area contributed by atoms with Crippen LogP contribution in [0.4, 0.5) is 11.4 Å². The number of nitrogens with zero attached hydrogens (tertiary/aromatic N) is 1. The number of anilines is 2. The molecule has 4 N–H and O–H groups in total. The van der Waals surface area contributed by atoms with Gasteiger partial charge < -0.3 is 16.5 Å². The van der Waals surface area contributed by atoms with E-state index in [0.29, 0.717) is 11.4 Å². The zero-order valence-electron chi connectivity index (χ0n) is 4.63. The summed E-state index contributed by atoms with van der Waals surface area (Å²) in [5, 5.41) is 0. The molecule has 0 aliphatic heterocycles. The Kier molecular flexibility index (Phi) is 3.22. The van der Waals surface area contributed by atoms with Gasteiger partial charge in [0, 0.05) is 20.4 Å². The number of nitrogen functional groups attached to an aromatic ring is 2. The molecule has 0 aliphatic carbocycles. The monoisotopic (exact) mass is 295 g/mol. The third-order valence-electron chi connectivity index (χ3n) is 0.825. The maximum atomic E-state index is 5.32. The fraction of sp³-hybridized carbons (Fsp3) is 0. The van der Waals surface area contributed by atoms with E-state index in [-0.39, 0.29) is 20.4 Å². The molecule has 49 valence electrons. The van der Waals surface area contributed by atoms with Crippen molar-refractivity contribution in [2.45, 2.75) is 0 Å². The van der Waals surface area contributed by atoms with Crippen molar-refractivity contribution < 1.29 is 20.4 Å². The Morgan fingerprint density at radius 3 is 2.44 bits per heavy atom. The number of nitrogens with two attached hydrogens (primary N) is 2. The van der Waals surface area contributed by atoms with Gasteiger partial charge in [-0.15, -0.1) is 6.07 Å². The molecule has 0 spiro atoms. The molecular weight excluding hydrogens is 288 g/mol. The summed E-state index contributed by atoms with van der Waals surface area (Å²) < 4.78 is 0. The fourth-order valence-corrected chi connectivity index (χ4v) is 0.379. The van der Waals surface area contributed by atoms with Crippen LogP contribution in [0.25, 0.3) is 0 Å². The van der Waals surface area contributed by atoms with Crippen molar-refractivity contribution in [2.75, 3.05) is 11.5 Å². The molecule has 0 aromatic carbocycles. The van der Waals surface area contributed by atoms with Gasteiger partial charge in [0.1, 0.15) is 0 Å². The normalized spacial score (nSPS) is 8.00. The summed E-state index contributed by atoms with van der Waals surface area (Å²) >= 11 is 0. The number of hydrogen-bond acceptors (Lipinski definition) is 3. The van der Waals surface area contributed by atoms with E-state index < -0.39 is 0 Å². The van der Waals surface area contributed by atoms with E-state index in [0.717, 1.165) is 0 Å². The Balaban J connectivity index is 0.000000640. The summed E-state index contributed by atoms with van der Waals surface area (Å²) in [5.41, 5.74) is 11.5. The molecule has 1 heterocycles. The van der Waals surface area contributed by atoms with Crippen LogP contribution in [0.1, 0.15) is 0 Å². The molecule has 0 saturated carbocycles. The van der Waals surface area contributed by atoms with E-state index in [1.54, 1.807) is 12.3 Å². The molecule has 1 radical (unpaired) electrons. The third-order valence-corrected chi connectivity index (χ3v) is 0.825. The number of hydrogen-bond donors (Lipinski definition) is 2. The second-order valence-corrected chi connectivity index (χ2v) is 1.43. The van der Waals surface area contributed by atoms with Crippen LogP contribution in [-0.4, -0.2) is 4.98 Å². The first-order valence-electron chi connectivity index (χ1n) is 2.18. The van der Waals surface area contributed by atoms with Crippen molar-refractivity contribution in [3.63, 3.8) is 0 Å². The van der Waals surface area contributed by atoms with Gasteiger partial charge in [0.2, 0.25) is 0 Å². The molecule has 0 aliphatic rings. The quantitative estimate of drug-likeness (QED) is 0.664. The minimum absolute atomic E-state index is 0. The molecular formula is C5H6N3Re-. The molecule has 3 nitrogen and oxygen atoms in total. The second kappa shape index (κ2) is 3.44. The van der Waals surface area contributed by atoms with E-state index in [1.165, 1.54) is 0 Å². The van der Waals surface area contributed by atoms with E-state index >= 15 is 0 Å². The Morgan fingerprint density at radius 1 is 1.44 bits per heavy atom. The zero-order chi connectivity index (χ0) is 5.98. The molecule has 0 bridgehead atoms. The maximum Gasteiger partial charge on any atom is 0 e. The van der Waals surface area contributed by atoms with E-state index in [4.69, 9.17) is 11.5 Å². The molecule has 1 rings (SSSR count). The van der Waals surface area contributed by atoms with Crippen LogP contribution in [0.15, 0.2) is 12.3 Å². The SMILES string of the molecule is Nc1[c-]nccc1N.[Re]. The summed E-state index contributed by atoms with van der Waals surface area (Å²) in [6, 6.07) is 1.63. The standard InChI is InChI=1S/C5H6N3.Re/c6-4-1-2-8-3-5(4)7;/h1-2H,7H2,(H2,6,8);/q-1;. The van der Waals surface area contributed by atoms with Gasteiger partial charge in [-0.25, -0.2) is 0 Å². The molecule has 0 atom stereocenters. The third kappa shape index (κ3) is 2.00. The summed E-state index contributed by atoms with van der Waals surface area (Å²) in [7, 11) is 0. The van der Waals surface area contributed by atoms with Crippen molar-refractivity contribution in [1.82, 2.24) is 4.98 Å². The zero-order valence-corrected chi connectivity index (χ0v) is 7.35. The first-order chi connectivity index (χ1) is 3.80. The first kappa shape index (κ1) is 8.41. The van der Waals surface area contributed by atoms with Crippen LogP contribution >= 0.6 is 0 Å². The Bertz CT molecular complexity index is 168. The van der Waals surface area contributed by atoms with E-state index in [1.807, 2.05) is 0 Å². The van der Waals surface area contributed by atoms with Gasteiger partial charge in [-0.2, -0.15) is 0 Å². The van der Waals surface area contributed by atoms with Crippen LogP contribution in [0, 0.1) is 6.20 Å². The number of aromatic nitrogens is 1. The topological polar surface area (TPSA) is 64.9 Å². The maximum absolute atomic E-state index is 5.32. The smallest absolute Gasteiger partial charge is 0 e. The first-order valence-corrected chi connectivity index (χ1v) is 2.18. The van der Waals surface area contributed by atoms with Crippen LogP contribution in [0.2, 0.25) is 0 Å². The van der Waals surface area contributed by atoms with Gasteiger partial charge in [0.25, 0.3) is 0 Å². The molecule has 4 heteroatoms. The van der Waals surface area contributed by atoms with Crippen molar-refractivity contribution >= 4 is 11.4 Å². The van der Waals surface area contributed by atoms with Crippen molar-refractivity contribution in [3.8, 4) is 0 Å². The molecule has 0 unspecified atom stereocenters. The van der Waals surface area contributed by atoms with Gasteiger partial charge in [0.05, 0.1) is 0 Å². The molecule has 0 saturated heterocycles. The summed E-state index contributed by atoms with van der Waals surface area (Å²) in [5.74, 6) is 0. The van der Waals surface area contributed by atoms with Crippen LogP contribution < -0.4 is 11.5 Å². The molecule has 0 amide bonds. The van der Waals surface area contributed by atoms with Gasteiger partial charge in [-0.1, -0.05) is 18.1 Å². The average molecular weight is 294 g/mol. The van der Waals surface area contributed by atoms with E-state index in [2.05, 4.69) is 11.2 Å². The minimum Gasteiger partial charge on any atom is -0.448 e. The summed E-state index contributed by atoms with van der Waals surface area (Å²) in [6.07, 6.45) is 4.05. The second-order valence-electron chi connectivity index (χ2n) is 1.43. The van der Waals surface area contributed by atoms with E-state index in [9.17, 15) is 0 Å². The van der Waals surface area contributed by atoms with Gasteiger partial charge in [0.15, 0.2) is 0 Å². The largest absolute Gasteiger partial charge is 0.448 e. The Morgan fingerprint density at radius 2 is 2.11 bits per heavy atom. The van der Waals surface area contributed by atoms with Crippen LogP contribution in [0.3, 0.4) is 0 Å². The summed E-state index contributed by atoms with van der Waals surface area (Å²) in [4.78, 5) is 3.62. The summed E-state index contributed by atoms with van der Waals surface area (Å²) in [6.45, 7) is 0. The van der Waals surface area contributed by atoms with Crippen LogP contribution in [0.5, 0.6) is 0 Å². The number of rotatable bonds is 0. The van der Waals surface area contributed by atoms with Crippen molar-refractivity contribution in [3.05, 3.63) is 18.5 Å². The Hall–Kier alpha value is -0.588.